The second-order valence-electron chi connectivity index (χ2n) is 7.32. The molecule has 0 radical (unpaired) electrons. The lowest BCUT2D eigenvalue weighted by Gasteiger charge is -2.28. The Balaban J connectivity index is 0.00000420. The molecule has 0 amide bonds. The molecule has 0 aliphatic heterocycles. The number of nitrogens with zero attached hydrogens (tertiary/aromatic N) is 3. The summed E-state index contributed by atoms with van der Waals surface area (Å²) in [4.78, 5) is 8.75. The van der Waals surface area contributed by atoms with Crippen LogP contribution in [0.3, 0.4) is 0 Å². The van der Waals surface area contributed by atoms with Crippen LogP contribution in [0, 0.1) is 0 Å². The van der Waals surface area contributed by atoms with Crippen molar-refractivity contribution in [1.29, 1.82) is 0 Å². The first-order chi connectivity index (χ1) is 13.6. The summed E-state index contributed by atoms with van der Waals surface area (Å²) < 4.78 is 2.05. The number of aliphatic imine (C=N–C) groups is 1. The topological polar surface area (TPSA) is 74.5 Å². The number of hydrogen-bond acceptors (Lipinski definition) is 3. The summed E-state index contributed by atoms with van der Waals surface area (Å²) in [5.74, 6) is 0.746. The molecule has 1 aromatic carbocycles. The molecular weight excluding hydrogens is 477 g/mol. The first-order valence-corrected chi connectivity index (χ1v) is 10.4. The van der Waals surface area contributed by atoms with E-state index in [0.717, 1.165) is 50.3 Å². The maximum absolute atomic E-state index is 10.8. The van der Waals surface area contributed by atoms with E-state index in [1.807, 2.05) is 24.0 Å². The second-order valence-corrected chi connectivity index (χ2v) is 7.32. The highest BCUT2D eigenvalue weighted by atomic mass is 127. The lowest BCUT2D eigenvalue weighted by atomic mass is 9.93. The Labute approximate surface area is 192 Å². The van der Waals surface area contributed by atoms with Gasteiger partial charge in [-0.2, -0.15) is 0 Å². The van der Waals surface area contributed by atoms with Crippen LogP contribution in [-0.2, 0) is 13.1 Å². The number of benzene rings is 1. The van der Waals surface area contributed by atoms with E-state index in [2.05, 4.69) is 58.7 Å². The van der Waals surface area contributed by atoms with E-state index in [-0.39, 0.29) is 24.0 Å². The Morgan fingerprint density at radius 1 is 1.07 bits per heavy atom. The zero-order valence-corrected chi connectivity index (χ0v) is 20.2. The fourth-order valence-corrected chi connectivity index (χ4v) is 3.33. The highest BCUT2D eigenvalue weighted by Gasteiger charge is 2.24. The zero-order valence-electron chi connectivity index (χ0n) is 17.9. The molecule has 7 heteroatoms. The van der Waals surface area contributed by atoms with Gasteiger partial charge >= 0.3 is 0 Å². The molecule has 2 rings (SSSR count). The first-order valence-electron chi connectivity index (χ1n) is 10.4. The largest absolute Gasteiger partial charge is 0.388 e. The summed E-state index contributed by atoms with van der Waals surface area (Å²) in [7, 11) is 0. The van der Waals surface area contributed by atoms with Crippen LogP contribution in [0.1, 0.15) is 57.6 Å². The lowest BCUT2D eigenvalue weighted by molar-refractivity contribution is 0.0257. The summed E-state index contributed by atoms with van der Waals surface area (Å²) >= 11 is 0. The van der Waals surface area contributed by atoms with E-state index in [9.17, 15) is 5.11 Å². The maximum atomic E-state index is 10.8. The van der Waals surface area contributed by atoms with Crippen molar-refractivity contribution in [2.75, 3.05) is 13.1 Å². The molecule has 0 fully saturated rings. The zero-order chi connectivity index (χ0) is 20.2. The molecule has 0 saturated carbocycles. The van der Waals surface area contributed by atoms with E-state index in [0.29, 0.717) is 13.1 Å². The van der Waals surface area contributed by atoms with Gasteiger partial charge in [0.2, 0.25) is 0 Å². The number of nitrogens with one attached hydrogen (secondary N) is 2. The van der Waals surface area contributed by atoms with Gasteiger partial charge in [-0.1, -0.05) is 51.0 Å². The number of aromatic nitrogens is 2. The average molecular weight is 513 g/mol. The van der Waals surface area contributed by atoms with E-state index >= 15 is 0 Å². The molecule has 3 N–H and O–H groups in total. The Kier molecular flexibility index (Phi) is 11.9. The summed E-state index contributed by atoms with van der Waals surface area (Å²) in [6.45, 7) is 8.99. The number of aliphatic hydroxyl groups is 1. The van der Waals surface area contributed by atoms with Gasteiger partial charge in [0.05, 0.1) is 18.5 Å². The third kappa shape index (κ3) is 9.16. The molecule has 0 spiro atoms. The van der Waals surface area contributed by atoms with E-state index in [1.165, 1.54) is 5.56 Å². The van der Waals surface area contributed by atoms with Crippen LogP contribution in [0.2, 0.25) is 0 Å². The molecule has 2 aromatic rings. The number of guanidine groups is 1. The molecular formula is C22H36IN5O. The monoisotopic (exact) mass is 513 g/mol. The van der Waals surface area contributed by atoms with Gasteiger partial charge in [-0.05, 0) is 30.9 Å². The summed E-state index contributed by atoms with van der Waals surface area (Å²) in [5, 5.41) is 17.4. The fraction of sp³-hybridized carbons (Fsp3) is 0.545. The van der Waals surface area contributed by atoms with Gasteiger partial charge < -0.3 is 20.3 Å². The highest BCUT2D eigenvalue weighted by molar-refractivity contribution is 14.0. The Hall–Kier alpha value is -1.61. The minimum absolute atomic E-state index is 0. The predicted octanol–water partition coefficient (Wildman–Crippen LogP) is 3.94. The third-order valence-electron chi connectivity index (χ3n) is 4.73. The summed E-state index contributed by atoms with van der Waals surface area (Å²) in [6.07, 6.45) is 9.11. The van der Waals surface area contributed by atoms with Gasteiger partial charge in [0.25, 0.3) is 0 Å². The summed E-state index contributed by atoms with van der Waals surface area (Å²) in [6, 6.07) is 8.49. The lowest BCUT2D eigenvalue weighted by Crippen LogP contribution is -2.47. The molecule has 29 heavy (non-hydrogen) atoms. The van der Waals surface area contributed by atoms with Crippen molar-refractivity contribution in [1.82, 2.24) is 20.2 Å². The van der Waals surface area contributed by atoms with Crippen LogP contribution in [-0.4, -0.2) is 39.3 Å². The fourth-order valence-electron chi connectivity index (χ4n) is 3.33. The van der Waals surface area contributed by atoms with Crippen LogP contribution in [0.25, 0.3) is 0 Å². The van der Waals surface area contributed by atoms with Crippen molar-refractivity contribution < 1.29 is 5.11 Å². The Bertz CT molecular complexity index is 695. The van der Waals surface area contributed by atoms with Gasteiger partial charge in [-0.25, -0.2) is 9.98 Å². The van der Waals surface area contributed by atoms with Crippen molar-refractivity contribution >= 4 is 29.9 Å². The van der Waals surface area contributed by atoms with Crippen molar-refractivity contribution in [3.8, 4) is 0 Å². The van der Waals surface area contributed by atoms with E-state index < -0.39 is 5.60 Å². The van der Waals surface area contributed by atoms with Crippen LogP contribution in [0.4, 0.5) is 0 Å². The number of imidazole rings is 1. The van der Waals surface area contributed by atoms with Crippen LogP contribution >= 0.6 is 24.0 Å². The molecule has 0 aliphatic carbocycles. The van der Waals surface area contributed by atoms with Gasteiger partial charge in [0.15, 0.2) is 5.96 Å². The van der Waals surface area contributed by atoms with Gasteiger partial charge in [-0.3, -0.25) is 0 Å². The first kappa shape index (κ1) is 25.4. The van der Waals surface area contributed by atoms with Crippen molar-refractivity contribution in [3.63, 3.8) is 0 Å². The quantitative estimate of drug-likeness (QED) is 0.242. The molecule has 1 aromatic heterocycles. The van der Waals surface area contributed by atoms with Gasteiger partial charge in [-0.15, -0.1) is 24.0 Å². The maximum Gasteiger partial charge on any atom is 0.191 e. The molecule has 0 saturated heterocycles. The molecule has 6 nitrogen and oxygen atoms in total. The predicted molar refractivity (Wildman–Crippen MR) is 131 cm³/mol. The molecule has 162 valence electrons. The standard InChI is InChI=1S/C22H35N5O.HI/c1-4-11-22(28,12-5-2)17-26-21(24-6-3)25-15-19-7-9-20(10-8-19)16-27-14-13-23-18-27;/h7-10,13-14,18,28H,4-6,11-12,15-17H2,1-3H3,(H2,24,25,26);1H. The molecule has 0 aliphatic rings. The Morgan fingerprint density at radius 3 is 2.28 bits per heavy atom. The van der Waals surface area contributed by atoms with Crippen molar-refractivity contribution in [2.45, 2.75) is 65.1 Å². The second kappa shape index (κ2) is 13.6. The molecule has 0 bridgehead atoms. The smallest absolute Gasteiger partial charge is 0.191 e. The van der Waals surface area contributed by atoms with Crippen LogP contribution in [0.5, 0.6) is 0 Å². The average Bonchev–Trinajstić information content (AvgIpc) is 3.19. The normalized spacial score (nSPS) is 11.8. The van der Waals surface area contributed by atoms with Gasteiger partial charge in [0.1, 0.15) is 0 Å². The number of rotatable bonds is 11. The molecule has 0 unspecified atom stereocenters. The molecule has 0 atom stereocenters. The minimum Gasteiger partial charge on any atom is -0.388 e. The van der Waals surface area contributed by atoms with Crippen LogP contribution < -0.4 is 10.6 Å². The third-order valence-corrected chi connectivity index (χ3v) is 4.73. The molecule has 1 heterocycles. The van der Waals surface area contributed by atoms with Gasteiger partial charge in [0, 0.05) is 32.0 Å². The summed E-state index contributed by atoms with van der Waals surface area (Å²) in [5.41, 5.74) is 1.72. The number of halogens is 1. The van der Waals surface area contributed by atoms with E-state index in [1.54, 1.807) is 6.20 Å². The van der Waals surface area contributed by atoms with E-state index in [4.69, 9.17) is 0 Å². The highest BCUT2D eigenvalue weighted by Crippen LogP contribution is 2.18. The Morgan fingerprint density at radius 2 is 1.72 bits per heavy atom. The van der Waals surface area contributed by atoms with Crippen LogP contribution in [0.15, 0.2) is 48.0 Å². The SMILES string of the molecule is CCCC(O)(CCC)CNC(=NCc1ccc(Cn2ccnc2)cc1)NCC.I. The number of hydrogen-bond donors (Lipinski definition) is 3. The van der Waals surface area contributed by atoms with Crippen molar-refractivity contribution in [2.24, 2.45) is 4.99 Å². The minimum atomic E-state index is -0.672. The van der Waals surface area contributed by atoms with Crippen molar-refractivity contribution in [3.05, 3.63) is 54.1 Å².